The highest BCUT2D eigenvalue weighted by atomic mass is 16.5. The second kappa shape index (κ2) is 12.0. The van der Waals surface area contributed by atoms with Gasteiger partial charge >= 0.3 is 0 Å². The number of carbonyl (C=O) groups is 2. The molecule has 1 saturated heterocycles. The minimum absolute atomic E-state index is 0.0196. The first-order valence-electron chi connectivity index (χ1n) is 13.3. The molecule has 2 fully saturated rings. The number of benzene rings is 2. The van der Waals surface area contributed by atoms with Gasteiger partial charge in [-0.2, -0.15) is 5.10 Å². The summed E-state index contributed by atoms with van der Waals surface area (Å²) in [7, 11) is 3.27. The minimum Gasteiger partial charge on any atom is -0.497 e. The van der Waals surface area contributed by atoms with Crippen molar-refractivity contribution in [3.8, 4) is 11.5 Å². The van der Waals surface area contributed by atoms with Crippen LogP contribution in [0.1, 0.15) is 36.4 Å². The SMILES string of the molecule is COc1ccc(C2=NN(C(=O)CN(CCN3CCOCC3)C(=O)C3CC3)C(c3ccc(OC)cc3)C2)cc1. The van der Waals surface area contributed by atoms with Crippen LogP contribution in [0.15, 0.2) is 53.6 Å². The quantitative estimate of drug-likeness (QED) is 0.479. The van der Waals surface area contributed by atoms with Gasteiger partial charge in [0.05, 0.1) is 39.2 Å². The Morgan fingerprint density at radius 3 is 2.21 bits per heavy atom. The smallest absolute Gasteiger partial charge is 0.262 e. The number of carbonyl (C=O) groups excluding carboxylic acids is 2. The molecule has 9 nitrogen and oxygen atoms in total. The van der Waals surface area contributed by atoms with Crippen LogP contribution in [0.4, 0.5) is 0 Å². The van der Waals surface area contributed by atoms with E-state index >= 15 is 0 Å². The van der Waals surface area contributed by atoms with E-state index in [1.165, 1.54) is 0 Å². The first-order chi connectivity index (χ1) is 18.6. The fraction of sp³-hybridized carbons (Fsp3) is 0.483. The monoisotopic (exact) mass is 520 g/mol. The van der Waals surface area contributed by atoms with Gasteiger partial charge in [0.25, 0.3) is 5.91 Å². The fourth-order valence-electron chi connectivity index (χ4n) is 4.96. The zero-order chi connectivity index (χ0) is 26.5. The van der Waals surface area contributed by atoms with Crippen molar-refractivity contribution in [1.82, 2.24) is 14.8 Å². The highest BCUT2D eigenvalue weighted by molar-refractivity contribution is 6.03. The normalized spacial score (nSPS) is 19.7. The Morgan fingerprint density at radius 2 is 1.61 bits per heavy atom. The predicted octanol–water partition coefficient (Wildman–Crippen LogP) is 2.95. The largest absolute Gasteiger partial charge is 0.497 e. The van der Waals surface area contributed by atoms with Crippen LogP contribution in [0.2, 0.25) is 0 Å². The first-order valence-corrected chi connectivity index (χ1v) is 13.3. The molecule has 0 spiro atoms. The lowest BCUT2D eigenvalue weighted by atomic mass is 9.98. The maximum Gasteiger partial charge on any atom is 0.262 e. The lowest BCUT2D eigenvalue weighted by Crippen LogP contribution is -2.47. The van der Waals surface area contributed by atoms with E-state index in [0.717, 1.165) is 60.8 Å². The van der Waals surface area contributed by atoms with Gasteiger partial charge in [0, 0.05) is 38.5 Å². The number of rotatable bonds is 10. The Hall–Kier alpha value is -3.43. The van der Waals surface area contributed by atoms with Crippen molar-refractivity contribution in [2.75, 3.05) is 60.2 Å². The van der Waals surface area contributed by atoms with Gasteiger partial charge in [0.2, 0.25) is 5.91 Å². The van der Waals surface area contributed by atoms with Gasteiger partial charge in [0.15, 0.2) is 0 Å². The molecule has 0 radical (unpaired) electrons. The van der Waals surface area contributed by atoms with Gasteiger partial charge < -0.3 is 19.1 Å². The van der Waals surface area contributed by atoms with Crippen LogP contribution in [0.25, 0.3) is 0 Å². The van der Waals surface area contributed by atoms with E-state index < -0.39 is 0 Å². The van der Waals surface area contributed by atoms with Crippen LogP contribution in [0.3, 0.4) is 0 Å². The number of amides is 2. The Kier molecular flexibility index (Phi) is 8.24. The van der Waals surface area contributed by atoms with Gasteiger partial charge in [-0.1, -0.05) is 12.1 Å². The summed E-state index contributed by atoms with van der Waals surface area (Å²) in [6.45, 7) is 4.38. The second-order valence-electron chi connectivity index (χ2n) is 9.99. The lowest BCUT2D eigenvalue weighted by Gasteiger charge is -2.31. The highest BCUT2D eigenvalue weighted by Crippen LogP contribution is 2.35. The van der Waals surface area contributed by atoms with Crippen LogP contribution < -0.4 is 9.47 Å². The molecule has 5 rings (SSSR count). The maximum atomic E-state index is 13.8. The van der Waals surface area contributed by atoms with E-state index in [-0.39, 0.29) is 30.3 Å². The van der Waals surface area contributed by atoms with Crippen LogP contribution in [-0.2, 0) is 14.3 Å². The van der Waals surface area contributed by atoms with Crippen molar-refractivity contribution in [2.45, 2.75) is 25.3 Å². The number of hydrogen-bond donors (Lipinski definition) is 0. The van der Waals surface area contributed by atoms with Crippen LogP contribution in [0.5, 0.6) is 11.5 Å². The number of hydrogen-bond acceptors (Lipinski definition) is 7. The molecular weight excluding hydrogens is 484 g/mol. The van der Waals surface area contributed by atoms with Gasteiger partial charge in [-0.3, -0.25) is 14.5 Å². The summed E-state index contributed by atoms with van der Waals surface area (Å²) in [5.41, 5.74) is 2.74. The molecule has 2 aliphatic heterocycles. The van der Waals surface area contributed by atoms with Crippen molar-refractivity contribution in [2.24, 2.45) is 11.0 Å². The number of methoxy groups -OCH3 is 2. The number of nitrogens with zero attached hydrogens (tertiary/aromatic N) is 4. The third kappa shape index (κ3) is 6.16. The van der Waals surface area contributed by atoms with E-state index in [1.807, 2.05) is 48.5 Å². The summed E-state index contributed by atoms with van der Waals surface area (Å²) in [4.78, 5) is 31.0. The van der Waals surface area contributed by atoms with E-state index in [4.69, 9.17) is 19.3 Å². The van der Waals surface area contributed by atoms with Crippen molar-refractivity contribution in [3.63, 3.8) is 0 Å². The Balaban J connectivity index is 1.36. The maximum absolute atomic E-state index is 13.8. The molecule has 0 aromatic heterocycles. The first kappa shape index (κ1) is 26.2. The average molecular weight is 521 g/mol. The Morgan fingerprint density at radius 1 is 0.974 bits per heavy atom. The summed E-state index contributed by atoms with van der Waals surface area (Å²) in [6, 6.07) is 15.2. The molecule has 1 unspecified atom stereocenters. The Bertz CT molecular complexity index is 1140. The topological polar surface area (TPSA) is 83.9 Å². The molecule has 3 aliphatic rings. The average Bonchev–Trinajstić information content (AvgIpc) is 3.73. The summed E-state index contributed by atoms with van der Waals surface area (Å²) in [5, 5.41) is 6.37. The molecule has 202 valence electrons. The molecule has 0 bridgehead atoms. The van der Waals surface area contributed by atoms with Gasteiger partial charge in [0.1, 0.15) is 18.0 Å². The molecule has 1 atom stereocenters. The molecule has 2 amide bonds. The number of morpholine rings is 1. The highest BCUT2D eigenvalue weighted by Gasteiger charge is 2.38. The number of hydrazone groups is 1. The molecule has 1 aliphatic carbocycles. The molecular formula is C29H36N4O5. The minimum atomic E-state index is -0.261. The van der Waals surface area contributed by atoms with Crippen molar-refractivity contribution < 1.29 is 23.8 Å². The molecule has 2 heterocycles. The molecule has 38 heavy (non-hydrogen) atoms. The third-order valence-electron chi connectivity index (χ3n) is 7.44. The molecule has 2 aromatic rings. The van der Waals surface area contributed by atoms with Crippen molar-refractivity contribution >= 4 is 17.5 Å². The zero-order valence-electron chi connectivity index (χ0n) is 22.2. The summed E-state index contributed by atoms with van der Waals surface area (Å²) >= 11 is 0. The van der Waals surface area contributed by atoms with Crippen molar-refractivity contribution in [3.05, 3.63) is 59.7 Å². The van der Waals surface area contributed by atoms with Crippen molar-refractivity contribution in [1.29, 1.82) is 0 Å². The molecule has 1 saturated carbocycles. The molecule has 9 heteroatoms. The lowest BCUT2D eigenvalue weighted by molar-refractivity contribution is -0.142. The zero-order valence-corrected chi connectivity index (χ0v) is 22.2. The summed E-state index contributed by atoms with van der Waals surface area (Å²) < 4.78 is 16.1. The van der Waals surface area contributed by atoms with Crippen LogP contribution in [0, 0.1) is 5.92 Å². The van der Waals surface area contributed by atoms with E-state index in [9.17, 15) is 9.59 Å². The Labute approximate surface area is 223 Å². The number of ether oxygens (including phenoxy) is 3. The van der Waals surface area contributed by atoms with Gasteiger partial charge in [-0.25, -0.2) is 5.01 Å². The second-order valence-corrected chi connectivity index (χ2v) is 9.99. The standard InChI is InChI=1S/C29H36N4O5/c1-36-24-9-5-21(6-10-24)26-19-27(22-7-11-25(37-2)12-8-22)33(30-26)28(34)20-32(29(35)23-3-4-23)14-13-31-15-17-38-18-16-31/h5-12,23,27H,3-4,13-20H2,1-2H3. The fourth-order valence-corrected chi connectivity index (χ4v) is 4.96. The summed E-state index contributed by atoms with van der Waals surface area (Å²) in [6.07, 6.45) is 2.38. The van der Waals surface area contributed by atoms with Gasteiger partial charge in [-0.15, -0.1) is 0 Å². The molecule has 2 aromatic carbocycles. The van der Waals surface area contributed by atoms with E-state index in [0.29, 0.717) is 26.2 Å². The van der Waals surface area contributed by atoms with E-state index in [2.05, 4.69) is 4.90 Å². The molecule has 0 N–H and O–H groups in total. The predicted molar refractivity (Wildman–Crippen MR) is 143 cm³/mol. The van der Waals surface area contributed by atoms with Crippen LogP contribution in [-0.4, -0.2) is 92.5 Å². The van der Waals surface area contributed by atoms with Gasteiger partial charge in [-0.05, 0) is 60.4 Å². The van der Waals surface area contributed by atoms with Crippen LogP contribution >= 0.6 is 0 Å². The summed E-state index contributed by atoms with van der Waals surface area (Å²) in [5.74, 6) is 1.46. The van der Waals surface area contributed by atoms with E-state index in [1.54, 1.807) is 24.1 Å². The third-order valence-corrected chi connectivity index (χ3v) is 7.44.